The highest BCUT2D eigenvalue weighted by Crippen LogP contribution is 2.30. The predicted octanol–water partition coefficient (Wildman–Crippen LogP) is 0.772. The molecule has 4 atom stereocenters. The molecule has 4 heteroatoms. The number of aliphatic hydroxyl groups excluding tert-OH is 2. The van der Waals surface area contributed by atoms with Crippen molar-refractivity contribution in [3.05, 3.63) is 35.9 Å². The van der Waals surface area contributed by atoms with Crippen LogP contribution >= 0.6 is 0 Å². The van der Waals surface area contributed by atoms with Gasteiger partial charge >= 0.3 is 0 Å². The van der Waals surface area contributed by atoms with E-state index in [0.717, 1.165) is 31.5 Å². The Balaban J connectivity index is 1.67. The van der Waals surface area contributed by atoms with Crippen LogP contribution in [0.1, 0.15) is 18.4 Å². The van der Waals surface area contributed by atoms with Gasteiger partial charge in [0.25, 0.3) is 0 Å². The zero-order valence-electron chi connectivity index (χ0n) is 11.0. The predicted molar refractivity (Wildman–Crippen MR) is 71.6 cm³/mol. The number of rotatable bonds is 3. The Kier molecular flexibility index (Phi) is 3.84. The molecular weight excluding hydrogens is 242 g/mol. The lowest BCUT2D eigenvalue weighted by Crippen LogP contribution is -2.56. The van der Waals surface area contributed by atoms with Crippen LogP contribution in [0.15, 0.2) is 30.3 Å². The fraction of sp³-hybridized carbons (Fsp3) is 0.600. The molecule has 0 unspecified atom stereocenters. The zero-order valence-corrected chi connectivity index (χ0v) is 11.0. The zero-order chi connectivity index (χ0) is 13.2. The van der Waals surface area contributed by atoms with E-state index < -0.39 is 6.10 Å². The molecule has 19 heavy (non-hydrogen) atoms. The third-order valence-corrected chi connectivity index (χ3v) is 4.24. The van der Waals surface area contributed by atoms with E-state index in [9.17, 15) is 10.2 Å². The summed E-state index contributed by atoms with van der Waals surface area (Å²) in [5, 5.41) is 20.2. The number of nitrogens with zero attached hydrogens (tertiary/aromatic N) is 1. The SMILES string of the molecule is O[C@@H]1CCN2CC[C@H](O)[C@@H]2[C@H]1OCc1ccccc1. The van der Waals surface area contributed by atoms with E-state index in [1.807, 2.05) is 30.3 Å². The molecule has 2 heterocycles. The molecule has 3 rings (SSSR count). The van der Waals surface area contributed by atoms with Crippen molar-refractivity contribution in [1.82, 2.24) is 4.90 Å². The van der Waals surface area contributed by atoms with Gasteiger partial charge < -0.3 is 14.9 Å². The highest BCUT2D eigenvalue weighted by Gasteiger charge is 2.45. The van der Waals surface area contributed by atoms with E-state index >= 15 is 0 Å². The molecule has 0 aromatic heterocycles. The van der Waals surface area contributed by atoms with Crippen molar-refractivity contribution >= 4 is 0 Å². The quantitative estimate of drug-likeness (QED) is 0.846. The minimum Gasteiger partial charge on any atom is -0.391 e. The minimum absolute atomic E-state index is 0.0486. The molecule has 104 valence electrons. The van der Waals surface area contributed by atoms with E-state index in [1.165, 1.54) is 0 Å². The van der Waals surface area contributed by atoms with Crippen LogP contribution in [0.25, 0.3) is 0 Å². The van der Waals surface area contributed by atoms with Gasteiger partial charge in [0.2, 0.25) is 0 Å². The van der Waals surface area contributed by atoms with Gasteiger partial charge in [-0.05, 0) is 18.4 Å². The summed E-state index contributed by atoms with van der Waals surface area (Å²) in [7, 11) is 0. The monoisotopic (exact) mass is 263 g/mol. The molecule has 0 spiro atoms. The van der Waals surface area contributed by atoms with Crippen LogP contribution in [0.4, 0.5) is 0 Å². The third kappa shape index (κ3) is 2.67. The molecule has 1 aromatic carbocycles. The Labute approximate surface area is 113 Å². The van der Waals surface area contributed by atoms with Gasteiger partial charge in [0.05, 0.1) is 24.9 Å². The van der Waals surface area contributed by atoms with Gasteiger partial charge in [-0.3, -0.25) is 4.90 Å². The molecule has 0 amide bonds. The molecule has 0 bridgehead atoms. The normalized spacial score (nSPS) is 35.3. The molecule has 0 radical (unpaired) electrons. The van der Waals surface area contributed by atoms with Crippen LogP contribution in [0.5, 0.6) is 0 Å². The number of hydrogen-bond donors (Lipinski definition) is 2. The maximum absolute atomic E-state index is 10.1. The number of ether oxygens (including phenoxy) is 1. The smallest absolute Gasteiger partial charge is 0.102 e. The summed E-state index contributed by atoms with van der Waals surface area (Å²) in [6, 6.07) is 9.91. The highest BCUT2D eigenvalue weighted by atomic mass is 16.5. The maximum atomic E-state index is 10.1. The first-order valence-corrected chi connectivity index (χ1v) is 7.01. The number of hydrogen-bond acceptors (Lipinski definition) is 4. The summed E-state index contributed by atoms with van der Waals surface area (Å²) in [4.78, 5) is 2.24. The van der Waals surface area contributed by atoms with Crippen LogP contribution in [0.3, 0.4) is 0 Å². The van der Waals surface area contributed by atoms with Crippen molar-refractivity contribution in [2.75, 3.05) is 13.1 Å². The average molecular weight is 263 g/mol. The highest BCUT2D eigenvalue weighted by molar-refractivity contribution is 5.13. The third-order valence-electron chi connectivity index (χ3n) is 4.24. The van der Waals surface area contributed by atoms with Crippen molar-refractivity contribution in [3.8, 4) is 0 Å². The van der Waals surface area contributed by atoms with Gasteiger partial charge in [-0.2, -0.15) is 0 Å². The molecule has 0 saturated carbocycles. The van der Waals surface area contributed by atoms with Gasteiger partial charge in [0, 0.05) is 13.1 Å². The van der Waals surface area contributed by atoms with Gasteiger partial charge in [0.15, 0.2) is 0 Å². The van der Waals surface area contributed by atoms with Gasteiger partial charge in [-0.1, -0.05) is 30.3 Å². The first-order chi connectivity index (χ1) is 9.25. The van der Waals surface area contributed by atoms with Crippen molar-refractivity contribution in [3.63, 3.8) is 0 Å². The standard InChI is InChI=1S/C15H21NO3/c17-12-6-8-16-9-7-13(18)15(14(12)16)19-10-11-4-2-1-3-5-11/h1-5,12-15,17-18H,6-10H2/t12-,13+,14+,15-/m0/s1. The van der Waals surface area contributed by atoms with Crippen LogP contribution in [0, 0.1) is 0 Å². The molecule has 2 saturated heterocycles. The van der Waals surface area contributed by atoms with Crippen molar-refractivity contribution in [1.29, 1.82) is 0 Å². The van der Waals surface area contributed by atoms with Crippen LogP contribution < -0.4 is 0 Å². The fourth-order valence-electron chi connectivity index (χ4n) is 3.22. The molecular formula is C15H21NO3. The Bertz CT molecular complexity index is 411. The second-order valence-corrected chi connectivity index (χ2v) is 5.50. The van der Waals surface area contributed by atoms with E-state index in [2.05, 4.69) is 4.90 Å². The van der Waals surface area contributed by atoms with Gasteiger partial charge in [0.1, 0.15) is 6.10 Å². The van der Waals surface area contributed by atoms with Crippen LogP contribution in [-0.4, -0.2) is 52.6 Å². The summed E-state index contributed by atoms with van der Waals surface area (Å²) in [5.41, 5.74) is 1.10. The van der Waals surface area contributed by atoms with Crippen LogP contribution in [0.2, 0.25) is 0 Å². The average Bonchev–Trinajstić information content (AvgIpc) is 2.81. The first kappa shape index (κ1) is 13.1. The fourth-order valence-corrected chi connectivity index (χ4v) is 3.22. The van der Waals surface area contributed by atoms with Gasteiger partial charge in [-0.25, -0.2) is 0 Å². The van der Waals surface area contributed by atoms with E-state index in [-0.39, 0.29) is 18.2 Å². The van der Waals surface area contributed by atoms with Crippen molar-refractivity contribution in [2.24, 2.45) is 0 Å². The molecule has 4 nitrogen and oxygen atoms in total. The lowest BCUT2D eigenvalue weighted by Gasteiger charge is -2.40. The lowest BCUT2D eigenvalue weighted by molar-refractivity contribution is -0.125. The summed E-state index contributed by atoms with van der Waals surface area (Å²) in [5.74, 6) is 0. The lowest BCUT2D eigenvalue weighted by atomic mass is 9.94. The Morgan fingerprint density at radius 2 is 1.74 bits per heavy atom. The Morgan fingerprint density at radius 3 is 2.47 bits per heavy atom. The molecule has 2 N–H and O–H groups in total. The Morgan fingerprint density at radius 1 is 1.05 bits per heavy atom. The topological polar surface area (TPSA) is 52.9 Å². The second kappa shape index (κ2) is 5.59. The van der Waals surface area contributed by atoms with E-state index in [1.54, 1.807) is 0 Å². The first-order valence-electron chi connectivity index (χ1n) is 7.01. The van der Waals surface area contributed by atoms with E-state index in [0.29, 0.717) is 6.61 Å². The van der Waals surface area contributed by atoms with Crippen molar-refractivity contribution < 1.29 is 14.9 Å². The summed E-state index contributed by atoms with van der Waals surface area (Å²) in [6.07, 6.45) is 0.366. The summed E-state index contributed by atoms with van der Waals surface area (Å²) >= 11 is 0. The number of fused-ring (bicyclic) bond motifs is 1. The minimum atomic E-state index is -0.474. The number of piperidine rings is 1. The largest absolute Gasteiger partial charge is 0.391 e. The second-order valence-electron chi connectivity index (χ2n) is 5.50. The molecule has 2 aliphatic heterocycles. The molecule has 2 aliphatic rings. The molecule has 1 aromatic rings. The molecule has 0 aliphatic carbocycles. The summed E-state index contributed by atoms with van der Waals surface area (Å²) < 4.78 is 5.91. The van der Waals surface area contributed by atoms with Crippen LogP contribution in [-0.2, 0) is 11.3 Å². The maximum Gasteiger partial charge on any atom is 0.102 e. The summed E-state index contributed by atoms with van der Waals surface area (Å²) in [6.45, 7) is 2.25. The number of benzene rings is 1. The molecule has 2 fully saturated rings. The van der Waals surface area contributed by atoms with Gasteiger partial charge in [-0.15, -0.1) is 0 Å². The van der Waals surface area contributed by atoms with Crippen molar-refractivity contribution in [2.45, 2.75) is 43.8 Å². The number of aliphatic hydroxyl groups is 2. The Hall–Kier alpha value is -0.940. The van der Waals surface area contributed by atoms with E-state index in [4.69, 9.17) is 4.74 Å².